The van der Waals surface area contributed by atoms with Gasteiger partial charge in [0.2, 0.25) is 22.8 Å². The number of aromatic nitrogens is 4. The Balaban J connectivity index is 0.000000134. The quantitative estimate of drug-likeness (QED) is 0.135. The van der Waals surface area contributed by atoms with E-state index in [2.05, 4.69) is 369 Å². The fourth-order valence-corrected chi connectivity index (χ4v) is 11.1. The normalized spacial score (nSPS) is 10.6. The molecule has 0 N–H and O–H groups in total. The van der Waals surface area contributed by atoms with E-state index in [1.807, 2.05) is 0 Å². The molecule has 4 aromatic heterocycles. The summed E-state index contributed by atoms with van der Waals surface area (Å²) in [6.45, 7) is 17.4. The smallest absolute Gasteiger partial charge is 0.201 e. The van der Waals surface area contributed by atoms with Gasteiger partial charge in [-0.05, 0) is 176 Å². The first-order valence-corrected chi connectivity index (χ1v) is 29.1. The third kappa shape index (κ3) is 14.3. The second-order valence-electron chi connectivity index (χ2n) is 22.3. The lowest BCUT2D eigenvalue weighted by Gasteiger charge is -2.11. The number of hydrogen-bond acceptors (Lipinski definition) is 0. The maximum atomic E-state index is 2.30. The second-order valence-corrected chi connectivity index (χ2v) is 22.3. The zero-order valence-electron chi connectivity index (χ0n) is 51.2. The highest BCUT2D eigenvalue weighted by molar-refractivity contribution is 5.76. The van der Waals surface area contributed by atoms with Gasteiger partial charge in [-0.3, -0.25) is 0 Å². The van der Waals surface area contributed by atoms with Crippen molar-refractivity contribution in [1.82, 2.24) is 0 Å². The van der Waals surface area contributed by atoms with Crippen molar-refractivity contribution < 1.29 is 18.3 Å². The van der Waals surface area contributed by atoms with Crippen LogP contribution in [-0.4, -0.2) is 0 Å². The molecule has 0 radical (unpaired) electrons. The molecule has 4 nitrogen and oxygen atoms in total. The highest BCUT2D eigenvalue weighted by Crippen LogP contribution is 2.32. The van der Waals surface area contributed by atoms with Crippen LogP contribution in [0.1, 0.15) is 44.5 Å². The van der Waals surface area contributed by atoms with Gasteiger partial charge in [0.1, 0.15) is 28.2 Å². The summed E-state index contributed by atoms with van der Waals surface area (Å²) >= 11 is 0. The first-order valence-electron chi connectivity index (χ1n) is 29.1. The fourth-order valence-electron chi connectivity index (χ4n) is 11.1. The van der Waals surface area contributed by atoms with Crippen molar-refractivity contribution in [2.75, 3.05) is 0 Å². The van der Waals surface area contributed by atoms with Gasteiger partial charge in [0.25, 0.3) is 0 Å². The molecule has 0 bridgehead atoms. The Labute approximate surface area is 500 Å². The Kier molecular flexibility index (Phi) is 19.3. The topological polar surface area (TPSA) is 15.5 Å². The Morgan fingerprint density at radius 2 is 0.548 bits per heavy atom. The Morgan fingerprint density at radius 1 is 0.202 bits per heavy atom. The van der Waals surface area contributed by atoms with Crippen molar-refractivity contribution in [3.8, 4) is 89.5 Å². The summed E-state index contributed by atoms with van der Waals surface area (Å²) in [6.07, 6.45) is 8.55. The molecule has 416 valence electrons. The predicted octanol–water partition coefficient (Wildman–Crippen LogP) is 17.8. The van der Waals surface area contributed by atoms with Crippen LogP contribution in [0.3, 0.4) is 0 Å². The Morgan fingerprint density at radius 3 is 0.964 bits per heavy atom. The van der Waals surface area contributed by atoms with Gasteiger partial charge in [-0.15, -0.1) is 0 Å². The molecule has 0 atom stereocenters. The molecule has 4 heteroatoms. The lowest BCUT2D eigenvalue weighted by atomic mass is 9.93. The molecule has 4 heterocycles. The summed E-state index contributed by atoms with van der Waals surface area (Å²) in [5.74, 6) is 0. The number of aryl methyl sites for hydroxylation is 12. The number of rotatable bonds is 8. The zero-order valence-corrected chi connectivity index (χ0v) is 51.2. The van der Waals surface area contributed by atoms with E-state index in [0.717, 1.165) is 0 Å². The van der Waals surface area contributed by atoms with E-state index >= 15 is 0 Å². The van der Waals surface area contributed by atoms with Crippen molar-refractivity contribution in [2.24, 2.45) is 28.2 Å². The van der Waals surface area contributed by atoms with Gasteiger partial charge in [0.15, 0.2) is 24.8 Å². The summed E-state index contributed by atoms with van der Waals surface area (Å²) in [4.78, 5) is 0. The molecule has 0 fully saturated rings. The molecule has 0 spiro atoms. The first kappa shape index (κ1) is 59.0. The fraction of sp³-hybridized carbons (Fsp3) is 0.150. The molecule has 0 amide bonds. The molecule has 0 aliphatic carbocycles. The van der Waals surface area contributed by atoms with Crippen LogP contribution in [0.15, 0.2) is 267 Å². The molecule has 0 saturated carbocycles. The standard InChI is InChI=1S/C21H22N.2C20H20N.C19H18N/c1-15-13-21(22(4)14-17(15)3)20-11-10-19(12-16(20)2)18-8-6-5-7-9-18;1-15-14-19(20-11-7-8-12-21(20)3)16(2)13-18(15)17-9-5-4-6-10-17;1-15-9-12-20(21(3)14-15)19-11-10-18(13-16(19)2)17-7-5-4-6-8-17;1-15-14-17(16-8-4-3-5-9-16)11-12-18(15)19-10-6-7-13-20(19)2/h5-14H,1-4H3;2*4-14H,1-3H3;3-14H,1-2H3/q4*+1. The minimum Gasteiger partial charge on any atom is -0.201 e. The molecular weight excluding hydrogens is 1020 g/mol. The highest BCUT2D eigenvalue weighted by Gasteiger charge is 2.18. The van der Waals surface area contributed by atoms with Crippen LogP contribution < -0.4 is 18.3 Å². The molecular formula is C80H80N4+4. The predicted molar refractivity (Wildman–Crippen MR) is 352 cm³/mol. The average Bonchev–Trinajstić information content (AvgIpc) is 3.70. The van der Waals surface area contributed by atoms with Crippen LogP contribution >= 0.6 is 0 Å². The van der Waals surface area contributed by atoms with Gasteiger partial charge < -0.3 is 0 Å². The van der Waals surface area contributed by atoms with Crippen LogP contribution in [0.25, 0.3) is 89.5 Å². The van der Waals surface area contributed by atoms with Crippen LogP contribution in [0.5, 0.6) is 0 Å². The van der Waals surface area contributed by atoms with E-state index in [1.165, 1.54) is 134 Å². The van der Waals surface area contributed by atoms with Gasteiger partial charge in [-0.2, -0.15) is 0 Å². The number of pyridine rings is 4. The van der Waals surface area contributed by atoms with E-state index in [1.54, 1.807) is 0 Å². The maximum absolute atomic E-state index is 2.30. The van der Waals surface area contributed by atoms with Gasteiger partial charge in [-0.1, -0.05) is 164 Å². The molecule has 8 aromatic carbocycles. The Hall–Kier alpha value is -9.64. The lowest BCUT2D eigenvalue weighted by Crippen LogP contribution is -2.31. The summed E-state index contributed by atoms with van der Waals surface area (Å²) < 4.78 is 8.74. The SMILES string of the molecule is Cc1cc(-c2ccc(-c3ccccc3)cc2C)[n+](C)cc1C.Cc1cc(-c2cccc[n+]2C)c(C)cc1-c1ccccc1.Cc1cc(-c2ccccc2)ccc1-c1cccc[n+]1C.Cc1ccc(-c2ccc(-c3ccccc3)cc2C)[n+](C)c1. The average molecular weight is 1100 g/mol. The van der Waals surface area contributed by atoms with Crippen molar-refractivity contribution in [3.63, 3.8) is 0 Å². The van der Waals surface area contributed by atoms with Crippen LogP contribution in [0.4, 0.5) is 0 Å². The Bertz CT molecular complexity index is 4180. The molecule has 0 aliphatic rings. The largest absolute Gasteiger partial charge is 0.212 e. The minimum atomic E-state index is 1.24. The van der Waals surface area contributed by atoms with E-state index in [0.29, 0.717) is 0 Å². The number of benzene rings is 8. The van der Waals surface area contributed by atoms with E-state index < -0.39 is 0 Å². The second kappa shape index (κ2) is 27.4. The molecule has 0 unspecified atom stereocenters. The summed E-state index contributed by atoms with van der Waals surface area (Å²) in [7, 11) is 8.40. The first-order chi connectivity index (χ1) is 40.6. The summed E-state index contributed by atoms with van der Waals surface area (Å²) in [5.41, 5.74) is 30.8. The van der Waals surface area contributed by atoms with E-state index in [4.69, 9.17) is 0 Å². The summed E-state index contributed by atoms with van der Waals surface area (Å²) in [5, 5.41) is 0. The molecule has 84 heavy (non-hydrogen) atoms. The van der Waals surface area contributed by atoms with Crippen molar-refractivity contribution in [1.29, 1.82) is 0 Å². The van der Waals surface area contributed by atoms with Crippen LogP contribution in [0, 0.1) is 55.4 Å². The minimum absolute atomic E-state index is 1.24. The van der Waals surface area contributed by atoms with Crippen molar-refractivity contribution in [3.05, 3.63) is 312 Å². The zero-order chi connectivity index (χ0) is 59.3. The third-order valence-electron chi connectivity index (χ3n) is 15.9. The maximum Gasteiger partial charge on any atom is 0.212 e. The van der Waals surface area contributed by atoms with Gasteiger partial charge in [0.05, 0.1) is 0 Å². The summed E-state index contributed by atoms with van der Waals surface area (Å²) in [6, 6.07) is 86.1. The molecule has 12 aromatic rings. The van der Waals surface area contributed by atoms with Crippen LogP contribution in [-0.2, 0) is 28.2 Å². The molecule has 12 rings (SSSR count). The van der Waals surface area contributed by atoms with Gasteiger partial charge in [-0.25, -0.2) is 18.3 Å². The van der Waals surface area contributed by atoms with Crippen molar-refractivity contribution >= 4 is 0 Å². The monoisotopic (exact) mass is 1100 g/mol. The molecule has 0 aliphatic heterocycles. The number of hydrogen-bond donors (Lipinski definition) is 0. The van der Waals surface area contributed by atoms with E-state index in [9.17, 15) is 0 Å². The van der Waals surface area contributed by atoms with Crippen LogP contribution in [0.2, 0.25) is 0 Å². The lowest BCUT2D eigenvalue weighted by molar-refractivity contribution is -0.660. The van der Waals surface area contributed by atoms with E-state index in [-0.39, 0.29) is 0 Å². The molecule has 0 saturated heterocycles. The van der Waals surface area contributed by atoms with Gasteiger partial charge in [0, 0.05) is 69.8 Å². The number of nitrogens with zero attached hydrogens (tertiary/aromatic N) is 4. The third-order valence-corrected chi connectivity index (χ3v) is 15.9. The van der Waals surface area contributed by atoms with Gasteiger partial charge >= 0.3 is 0 Å². The van der Waals surface area contributed by atoms with Crippen molar-refractivity contribution in [2.45, 2.75) is 55.4 Å². The highest BCUT2D eigenvalue weighted by atomic mass is 14.9.